The van der Waals surface area contributed by atoms with Crippen molar-refractivity contribution >= 4 is 0 Å². The van der Waals surface area contributed by atoms with Crippen LogP contribution >= 0.6 is 0 Å². The zero-order valence-corrected chi connectivity index (χ0v) is 13.7. The van der Waals surface area contributed by atoms with E-state index in [1.54, 1.807) is 6.07 Å². The molecule has 0 aliphatic heterocycles. The summed E-state index contributed by atoms with van der Waals surface area (Å²) in [5.41, 5.74) is 0.593. The van der Waals surface area contributed by atoms with E-state index in [4.69, 9.17) is 0 Å². The van der Waals surface area contributed by atoms with Crippen LogP contribution in [0.25, 0.3) is 0 Å². The molecule has 0 bridgehead atoms. The number of halogens is 3. The van der Waals surface area contributed by atoms with Gasteiger partial charge >= 0.3 is 6.18 Å². The highest BCUT2D eigenvalue weighted by molar-refractivity contribution is 5.35. The fraction of sp³-hybridized carbons (Fsp3) is 0.667. The molecule has 120 valence electrons. The van der Waals surface area contributed by atoms with Crippen molar-refractivity contribution < 1.29 is 13.2 Å². The smallest absolute Gasteiger partial charge is 0.166 e. The quantitative estimate of drug-likeness (QED) is 0.556. The van der Waals surface area contributed by atoms with Crippen molar-refractivity contribution in [3.05, 3.63) is 34.9 Å². The molecule has 0 N–H and O–H groups in total. The lowest BCUT2D eigenvalue weighted by atomic mass is 9.81. The van der Waals surface area contributed by atoms with Crippen LogP contribution in [-0.4, -0.2) is 0 Å². The minimum atomic E-state index is -4.27. The summed E-state index contributed by atoms with van der Waals surface area (Å²) in [5.74, 6) is 1.15. The average molecular weight is 300 g/mol. The van der Waals surface area contributed by atoms with Gasteiger partial charge in [-0.05, 0) is 48.3 Å². The highest BCUT2D eigenvalue weighted by atomic mass is 19.4. The van der Waals surface area contributed by atoms with Crippen LogP contribution in [-0.2, 0) is 6.18 Å². The number of alkyl halides is 3. The van der Waals surface area contributed by atoms with Gasteiger partial charge in [-0.3, -0.25) is 0 Å². The van der Waals surface area contributed by atoms with E-state index in [0.29, 0.717) is 17.4 Å². The topological polar surface area (TPSA) is 0 Å². The Bertz CT molecular complexity index is 448. The number of benzene rings is 1. The second kappa shape index (κ2) is 7.33. The first-order valence-corrected chi connectivity index (χ1v) is 7.84. The molecule has 1 aromatic rings. The molecule has 0 radical (unpaired) electrons. The predicted octanol–water partition coefficient (Wildman–Crippen LogP) is 6.58. The Balaban J connectivity index is 2.90. The molecule has 0 aliphatic rings. The van der Waals surface area contributed by atoms with Gasteiger partial charge in [0.2, 0.25) is 0 Å². The number of rotatable bonds is 6. The van der Waals surface area contributed by atoms with Gasteiger partial charge in [0, 0.05) is 0 Å². The van der Waals surface area contributed by atoms with Crippen molar-refractivity contribution in [1.82, 2.24) is 0 Å². The van der Waals surface area contributed by atoms with E-state index in [1.807, 2.05) is 13.0 Å². The monoisotopic (exact) mass is 300 g/mol. The highest BCUT2D eigenvalue weighted by Crippen LogP contribution is 2.36. The maximum absolute atomic E-state index is 13.0. The third-order valence-electron chi connectivity index (χ3n) is 4.50. The third kappa shape index (κ3) is 5.05. The van der Waals surface area contributed by atoms with Gasteiger partial charge in [0.1, 0.15) is 0 Å². The van der Waals surface area contributed by atoms with Gasteiger partial charge in [-0.2, -0.15) is 13.2 Å². The number of hydrogen-bond acceptors (Lipinski definition) is 0. The van der Waals surface area contributed by atoms with E-state index >= 15 is 0 Å². The van der Waals surface area contributed by atoms with E-state index < -0.39 is 11.7 Å². The van der Waals surface area contributed by atoms with Crippen LogP contribution in [0.15, 0.2) is 18.2 Å². The lowest BCUT2D eigenvalue weighted by molar-refractivity contribution is -0.138. The van der Waals surface area contributed by atoms with Crippen LogP contribution in [0.1, 0.15) is 69.6 Å². The lowest BCUT2D eigenvalue weighted by Crippen LogP contribution is -2.13. The summed E-state index contributed by atoms with van der Waals surface area (Å²) in [6.07, 6.45) is -0.868. The van der Waals surface area contributed by atoms with E-state index in [-0.39, 0.29) is 5.92 Å². The summed E-state index contributed by atoms with van der Waals surface area (Å²) in [5, 5.41) is 0. The predicted molar refractivity (Wildman–Crippen MR) is 82.4 cm³/mol. The molecular formula is C18H27F3. The molecule has 3 unspecified atom stereocenters. The molecule has 21 heavy (non-hydrogen) atoms. The van der Waals surface area contributed by atoms with E-state index in [0.717, 1.165) is 18.4 Å². The lowest BCUT2D eigenvalue weighted by Gasteiger charge is -2.24. The van der Waals surface area contributed by atoms with Crippen molar-refractivity contribution in [3.8, 4) is 0 Å². The first-order chi connectivity index (χ1) is 9.66. The molecule has 0 saturated carbocycles. The Kier molecular flexibility index (Phi) is 6.30. The van der Waals surface area contributed by atoms with Gasteiger partial charge in [-0.1, -0.05) is 52.7 Å². The fourth-order valence-electron chi connectivity index (χ4n) is 3.01. The van der Waals surface area contributed by atoms with Crippen LogP contribution in [0.5, 0.6) is 0 Å². The Hall–Kier alpha value is -0.990. The van der Waals surface area contributed by atoms with Crippen LogP contribution < -0.4 is 0 Å². The molecule has 0 amide bonds. The highest BCUT2D eigenvalue weighted by Gasteiger charge is 2.33. The summed E-state index contributed by atoms with van der Waals surface area (Å²) in [6.45, 7) is 10.1. The second-order valence-electron chi connectivity index (χ2n) is 6.47. The van der Waals surface area contributed by atoms with Crippen LogP contribution in [0, 0.1) is 18.8 Å². The average Bonchev–Trinajstić information content (AvgIpc) is 2.37. The van der Waals surface area contributed by atoms with E-state index in [2.05, 4.69) is 20.8 Å². The molecule has 3 heteroatoms. The van der Waals surface area contributed by atoms with Crippen molar-refractivity contribution in [2.75, 3.05) is 0 Å². The summed E-state index contributed by atoms with van der Waals surface area (Å²) in [7, 11) is 0. The minimum Gasteiger partial charge on any atom is -0.166 e. The van der Waals surface area contributed by atoms with Gasteiger partial charge in [-0.15, -0.1) is 0 Å². The van der Waals surface area contributed by atoms with Gasteiger partial charge in [0.25, 0.3) is 0 Å². The van der Waals surface area contributed by atoms with Gasteiger partial charge in [-0.25, -0.2) is 0 Å². The molecule has 0 nitrogen and oxygen atoms in total. The summed E-state index contributed by atoms with van der Waals surface area (Å²) >= 11 is 0. The molecule has 1 rings (SSSR count). The van der Waals surface area contributed by atoms with Crippen LogP contribution in [0.2, 0.25) is 0 Å². The first-order valence-electron chi connectivity index (χ1n) is 7.84. The van der Waals surface area contributed by atoms with E-state index in [1.165, 1.54) is 19.4 Å². The zero-order valence-electron chi connectivity index (χ0n) is 13.7. The summed E-state index contributed by atoms with van der Waals surface area (Å²) < 4.78 is 39.0. The number of hydrogen-bond donors (Lipinski definition) is 0. The fourth-order valence-corrected chi connectivity index (χ4v) is 3.01. The molecule has 0 heterocycles. The third-order valence-corrected chi connectivity index (χ3v) is 4.50. The van der Waals surface area contributed by atoms with Gasteiger partial charge in [0.05, 0.1) is 5.56 Å². The Morgan fingerprint density at radius 1 is 1.10 bits per heavy atom. The van der Waals surface area contributed by atoms with Crippen LogP contribution in [0.3, 0.4) is 0 Å². The molecule has 0 spiro atoms. The second-order valence-corrected chi connectivity index (χ2v) is 6.47. The first kappa shape index (κ1) is 18.1. The maximum Gasteiger partial charge on any atom is 0.416 e. The molecule has 1 aromatic carbocycles. The molecule has 3 atom stereocenters. The molecule has 0 aromatic heterocycles. The number of aryl methyl sites for hydroxylation is 1. The standard InChI is InChI=1S/C18H27F3/c1-6-7-12(2)10-14(4)15(5)16-9-8-13(3)17(11-16)18(19,20)21/h8-9,11-12,14-15H,6-7,10H2,1-5H3. The van der Waals surface area contributed by atoms with Crippen molar-refractivity contribution in [2.45, 2.75) is 66.0 Å². The van der Waals surface area contributed by atoms with Gasteiger partial charge < -0.3 is 0 Å². The maximum atomic E-state index is 13.0. The van der Waals surface area contributed by atoms with Crippen molar-refractivity contribution in [1.29, 1.82) is 0 Å². The minimum absolute atomic E-state index is 0.144. The summed E-state index contributed by atoms with van der Waals surface area (Å²) in [4.78, 5) is 0. The van der Waals surface area contributed by atoms with Crippen molar-refractivity contribution in [2.24, 2.45) is 11.8 Å². The van der Waals surface area contributed by atoms with Crippen molar-refractivity contribution in [3.63, 3.8) is 0 Å². The zero-order chi connectivity index (χ0) is 16.2. The Morgan fingerprint density at radius 2 is 1.71 bits per heavy atom. The Labute approximate surface area is 126 Å². The van der Waals surface area contributed by atoms with Crippen LogP contribution in [0.4, 0.5) is 13.2 Å². The SMILES string of the molecule is CCCC(C)CC(C)C(C)c1ccc(C)c(C(F)(F)F)c1. The van der Waals surface area contributed by atoms with Gasteiger partial charge in [0.15, 0.2) is 0 Å². The largest absolute Gasteiger partial charge is 0.416 e. The molecular weight excluding hydrogens is 273 g/mol. The van der Waals surface area contributed by atoms with E-state index in [9.17, 15) is 13.2 Å². The molecule has 0 saturated heterocycles. The normalized spacial score (nSPS) is 16.6. The Morgan fingerprint density at radius 3 is 2.24 bits per heavy atom. The molecule has 0 aliphatic carbocycles. The summed E-state index contributed by atoms with van der Waals surface area (Å²) in [6, 6.07) is 4.77. The molecule has 0 fully saturated rings.